The van der Waals surface area contributed by atoms with E-state index in [0.717, 1.165) is 54.5 Å². The number of benzene rings is 1. The normalized spacial score (nSPS) is 11.1. The van der Waals surface area contributed by atoms with E-state index in [9.17, 15) is 14.4 Å². The van der Waals surface area contributed by atoms with Crippen molar-refractivity contribution in [2.45, 2.75) is 77.6 Å². The molecule has 0 aliphatic rings. The molecule has 0 bridgehead atoms. The third-order valence-electron chi connectivity index (χ3n) is 5.62. The zero-order valence-corrected chi connectivity index (χ0v) is 22.4. The smallest absolute Gasteiger partial charge is 0.309 e. The Morgan fingerprint density at radius 2 is 1.58 bits per heavy atom. The molecule has 0 aliphatic carbocycles. The van der Waals surface area contributed by atoms with Crippen LogP contribution in [0.3, 0.4) is 0 Å². The molecular formula is C27H40N4O4S. The molecule has 0 saturated carbocycles. The number of amides is 3. The van der Waals surface area contributed by atoms with Crippen LogP contribution in [0.4, 0.5) is 5.13 Å². The molecule has 0 radical (unpaired) electrons. The van der Waals surface area contributed by atoms with Crippen LogP contribution in [-0.4, -0.2) is 42.9 Å². The highest BCUT2D eigenvalue weighted by molar-refractivity contribution is 7.22. The summed E-state index contributed by atoms with van der Waals surface area (Å²) in [5, 5.41) is 8.25. The van der Waals surface area contributed by atoms with Crippen LogP contribution in [0.25, 0.3) is 10.2 Å². The largest absolute Gasteiger partial charge is 0.491 e. The van der Waals surface area contributed by atoms with Gasteiger partial charge in [0.2, 0.25) is 5.91 Å². The zero-order valence-electron chi connectivity index (χ0n) is 21.6. The number of carbonyl (C=O) groups excluding carboxylic acids is 3. The molecule has 1 aromatic carbocycles. The Morgan fingerprint density at radius 1 is 0.917 bits per heavy atom. The minimum atomic E-state index is -0.593. The number of nitrogens with zero attached hydrogens (tertiary/aromatic N) is 1. The Labute approximate surface area is 218 Å². The number of thiazole rings is 1. The summed E-state index contributed by atoms with van der Waals surface area (Å²) in [6.07, 6.45) is 16.9. The van der Waals surface area contributed by atoms with Gasteiger partial charge in [0.25, 0.3) is 0 Å². The van der Waals surface area contributed by atoms with Crippen molar-refractivity contribution in [3.63, 3.8) is 0 Å². The number of para-hydroxylation sites is 1. The third kappa shape index (κ3) is 11.7. The van der Waals surface area contributed by atoms with E-state index in [1.54, 1.807) is 0 Å². The molecule has 0 fully saturated rings. The SMILES string of the molecule is CNC(=O)C(=O)NCCCC/C=C\CCCCCCCCCOc1cccc2sc(NC(C)=O)nc12. The fraction of sp³-hybridized carbons (Fsp3) is 0.556. The van der Waals surface area contributed by atoms with E-state index in [-0.39, 0.29) is 5.91 Å². The first kappa shape index (κ1) is 29.3. The maximum Gasteiger partial charge on any atom is 0.309 e. The summed E-state index contributed by atoms with van der Waals surface area (Å²) in [4.78, 5) is 38.1. The summed E-state index contributed by atoms with van der Waals surface area (Å²) < 4.78 is 6.97. The van der Waals surface area contributed by atoms with E-state index in [1.165, 1.54) is 57.4 Å². The molecule has 0 unspecified atom stereocenters. The van der Waals surface area contributed by atoms with E-state index in [1.807, 2.05) is 18.2 Å². The lowest BCUT2D eigenvalue weighted by molar-refractivity contribution is -0.138. The van der Waals surface area contributed by atoms with Crippen molar-refractivity contribution in [2.24, 2.45) is 0 Å². The lowest BCUT2D eigenvalue weighted by Gasteiger charge is -2.06. The molecule has 1 aromatic heterocycles. The quantitative estimate of drug-likeness (QED) is 0.149. The Balaban J connectivity index is 1.42. The Bertz CT molecular complexity index is 989. The summed E-state index contributed by atoms with van der Waals surface area (Å²) >= 11 is 1.46. The standard InChI is InChI=1S/C27H40N4O4S/c1-21(32)30-27-31-24-22(17-16-18-23(24)36-27)35-20-15-13-11-9-7-5-3-4-6-8-10-12-14-19-29-26(34)25(33)28-2/h6,8,16-18H,3-5,7,9-15,19-20H2,1-2H3,(H,28,33)(H,29,34)(H,30,31,32)/b8-6-. The average molecular weight is 517 g/mol. The van der Waals surface area contributed by atoms with Gasteiger partial charge in [0.1, 0.15) is 11.3 Å². The van der Waals surface area contributed by atoms with Crippen molar-refractivity contribution < 1.29 is 19.1 Å². The number of hydrogen-bond acceptors (Lipinski definition) is 6. The van der Waals surface area contributed by atoms with Crippen molar-refractivity contribution in [2.75, 3.05) is 25.5 Å². The van der Waals surface area contributed by atoms with Crippen LogP contribution in [0.1, 0.15) is 77.6 Å². The first-order valence-corrected chi connectivity index (χ1v) is 13.8. The Kier molecular flexibility index (Phi) is 14.2. The van der Waals surface area contributed by atoms with Crippen LogP contribution in [0.15, 0.2) is 30.4 Å². The van der Waals surface area contributed by atoms with E-state index >= 15 is 0 Å². The molecule has 198 valence electrons. The molecule has 0 saturated heterocycles. The molecule has 3 amide bonds. The second kappa shape index (κ2) is 17.5. The highest BCUT2D eigenvalue weighted by Crippen LogP contribution is 2.32. The van der Waals surface area contributed by atoms with Crippen LogP contribution >= 0.6 is 11.3 Å². The van der Waals surface area contributed by atoms with Gasteiger partial charge in [-0.05, 0) is 50.7 Å². The molecule has 1 heterocycles. The molecule has 3 N–H and O–H groups in total. The molecule has 2 aromatic rings. The Hall–Kier alpha value is -2.94. The van der Waals surface area contributed by atoms with Gasteiger partial charge in [-0.3, -0.25) is 14.4 Å². The first-order valence-electron chi connectivity index (χ1n) is 13.0. The average Bonchev–Trinajstić information content (AvgIpc) is 3.27. The van der Waals surface area contributed by atoms with E-state index in [0.29, 0.717) is 18.3 Å². The number of aromatic nitrogens is 1. The number of carbonyl (C=O) groups is 3. The van der Waals surface area contributed by atoms with E-state index in [4.69, 9.17) is 4.74 Å². The number of rotatable bonds is 17. The van der Waals surface area contributed by atoms with Gasteiger partial charge >= 0.3 is 11.8 Å². The summed E-state index contributed by atoms with van der Waals surface area (Å²) in [5.41, 5.74) is 0.812. The van der Waals surface area contributed by atoms with Crippen molar-refractivity contribution in [1.82, 2.24) is 15.6 Å². The molecule has 9 heteroatoms. The van der Waals surface area contributed by atoms with Crippen LogP contribution < -0.4 is 20.7 Å². The van der Waals surface area contributed by atoms with Gasteiger partial charge in [0.05, 0.1) is 11.3 Å². The van der Waals surface area contributed by atoms with Crippen molar-refractivity contribution in [3.05, 3.63) is 30.4 Å². The van der Waals surface area contributed by atoms with Gasteiger partial charge in [0, 0.05) is 20.5 Å². The second-order valence-corrected chi connectivity index (χ2v) is 9.75. The zero-order chi connectivity index (χ0) is 26.0. The van der Waals surface area contributed by atoms with Gasteiger partial charge in [-0.15, -0.1) is 0 Å². The number of likely N-dealkylation sites (N-methyl/N-ethyl adjacent to an activating group) is 1. The highest BCUT2D eigenvalue weighted by Gasteiger charge is 2.10. The molecule has 0 spiro atoms. The maximum atomic E-state index is 11.3. The lowest BCUT2D eigenvalue weighted by atomic mass is 10.1. The van der Waals surface area contributed by atoms with Crippen molar-refractivity contribution >= 4 is 44.4 Å². The fourth-order valence-electron chi connectivity index (χ4n) is 3.69. The maximum absolute atomic E-state index is 11.3. The summed E-state index contributed by atoms with van der Waals surface area (Å²) in [6, 6.07) is 5.88. The van der Waals surface area contributed by atoms with E-state index < -0.39 is 11.8 Å². The summed E-state index contributed by atoms with van der Waals surface area (Å²) in [6.45, 7) is 2.70. The Morgan fingerprint density at radius 3 is 2.28 bits per heavy atom. The van der Waals surface area contributed by atoms with Crippen LogP contribution in [0.2, 0.25) is 0 Å². The van der Waals surface area contributed by atoms with E-state index in [2.05, 4.69) is 33.1 Å². The summed E-state index contributed by atoms with van der Waals surface area (Å²) in [5.74, 6) is -0.499. The number of fused-ring (bicyclic) bond motifs is 1. The number of allylic oxidation sites excluding steroid dienone is 2. The number of hydrogen-bond donors (Lipinski definition) is 3. The van der Waals surface area contributed by atoms with Gasteiger partial charge in [-0.25, -0.2) is 4.98 Å². The summed E-state index contributed by atoms with van der Waals surface area (Å²) in [7, 11) is 1.45. The molecule has 0 aliphatic heterocycles. The number of anilines is 1. The van der Waals surface area contributed by atoms with Crippen molar-refractivity contribution in [1.29, 1.82) is 0 Å². The number of nitrogens with one attached hydrogen (secondary N) is 3. The lowest BCUT2D eigenvalue weighted by Crippen LogP contribution is -2.38. The van der Waals surface area contributed by atoms with Crippen LogP contribution in [0, 0.1) is 0 Å². The molecule has 8 nitrogen and oxygen atoms in total. The second-order valence-electron chi connectivity index (χ2n) is 8.72. The minimum Gasteiger partial charge on any atom is -0.491 e. The first-order chi connectivity index (χ1) is 17.5. The minimum absolute atomic E-state index is 0.121. The topological polar surface area (TPSA) is 109 Å². The predicted octanol–water partition coefficient (Wildman–Crippen LogP) is 5.34. The molecular weight excluding hydrogens is 476 g/mol. The number of ether oxygens (including phenoxy) is 1. The van der Waals surface area contributed by atoms with Crippen LogP contribution in [0.5, 0.6) is 5.75 Å². The van der Waals surface area contributed by atoms with Crippen LogP contribution in [-0.2, 0) is 14.4 Å². The van der Waals surface area contributed by atoms with Gasteiger partial charge in [-0.1, -0.05) is 61.7 Å². The number of unbranched alkanes of at least 4 members (excludes halogenated alkanes) is 9. The molecule has 2 rings (SSSR count). The highest BCUT2D eigenvalue weighted by atomic mass is 32.1. The monoisotopic (exact) mass is 516 g/mol. The van der Waals surface area contributed by atoms with Gasteiger partial charge in [-0.2, -0.15) is 0 Å². The van der Waals surface area contributed by atoms with Crippen molar-refractivity contribution in [3.8, 4) is 5.75 Å². The predicted molar refractivity (Wildman–Crippen MR) is 146 cm³/mol. The van der Waals surface area contributed by atoms with Gasteiger partial charge < -0.3 is 20.7 Å². The molecule has 0 atom stereocenters. The fourth-order valence-corrected chi connectivity index (χ4v) is 4.62. The van der Waals surface area contributed by atoms with Gasteiger partial charge in [0.15, 0.2) is 5.13 Å². The third-order valence-corrected chi connectivity index (χ3v) is 6.56. The molecule has 36 heavy (non-hydrogen) atoms.